The Morgan fingerprint density at radius 2 is 1.83 bits per heavy atom. The van der Waals surface area contributed by atoms with E-state index in [1.807, 2.05) is 17.9 Å². The van der Waals surface area contributed by atoms with Gasteiger partial charge in [-0.2, -0.15) is 0 Å². The van der Waals surface area contributed by atoms with Gasteiger partial charge in [0.05, 0.1) is 5.60 Å². The van der Waals surface area contributed by atoms with Gasteiger partial charge in [0.25, 0.3) is 0 Å². The number of likely N-dealkylation sites (tertiary alicyclic amines) is 1. The fourth-order valence-corrected chi connectivity index (χ4v) is 5.55. The van der Waals surface area contributed by atoms with Crippen molar-refractivity contribution in [2.45, 2.75) is 76.7 Å². The number of benzene rings is 1. The van der Waals surface area contributed by atoms with Crippen LogP contribution in [0.4, 0.5) is 13.2 Å². The number of carbonyl (C=O) groups is 1. The lowest BCUT2D eigenvalue weighted by molar-refractivity contribution is -0.274. The lowest BCUT2D eigenvalue weighted by Crippen LogP contribution is -2.62. The molecule has 0 atom stereocenters. The van der Waals surface area contributed by atoms with E-state index >= 15 is 0 Å². The maximum atomic E-state index is 12.7. The van der Waals surface area contributed by atoms with Crippen molar-refractivity contribution in [3.8, 4) is 5.75 Å². The lowest BCUT2D eigenvalue weighted by Gasteiger charge is -2.55. The van der Waals surface area contributed by atoms with Gasteiger partial charge in [-0.25, -0.2) is 0 Å². The molecule has 3 aliphatic rings. The normalized spacial score (nSPS) is 28.7. The molecule has 1 aliphatic heterocycles. The van der Waals surface area contributed by atoms with Crippen LogP contribution in [0.3, 0.4) is 0 Å². The Hall–Kier alpha value is -1.76. The summed E-state index contributed by atoms with van der Waals surface area (Å²) in [7, 11) is 0. The van der Waals surface area contributed by atoms with Crippen LogP contribution in [0, 0.1) is 11.3 Å². The summed E-state index contributed by atoms with van der Waals surface area (Å²) < 4.78 is 42.2. The predicted octanol–water partition coefficient (Wildman–Crippen LogP) is 4.79. The highest BCUT2D eigenvalue weighted by molar-refractivity contribution is 5.81. The van der Waals surface area contributed by atoms with Gasteiger partial charge in [0.2, 0.25) is 5.91 Å². The molecular weight excluding hydrogens is 395 g/mol. The lowest BCUT2D eigenvalue weighted by atomic mass is 9.63. The second kappa shape index (κ2) is 7.43. The summed E-state index contributed by atoms with van der Waals surface area (Å²) in [6.07, 6.45) is 0.865. The van der Waals surface area contributed by atoms with E-state index in [2.05, 4.69) is 4.74 Å². The first-order valence-corrected chi connectivity index (χ1v) is 10.9. The third-order valence-corrected chi connectivity index (χ3v) is 7.23. The third kappa shape index (κ3) is 4.46. The zero-order chi connectivity index (χ0) is 21.7. The number of ether oxygens (including phenoxy) is 1. The van der Waals surface area contributed by atoms with Crippen molar-refractivity contribution in [1.82, 2.24) is 4.90 Å². The number of hydrogen-bond acceptors (Lipinski definition) is 3. The number of rotatable bonds is 4. The van der Waals surface area contributed by atoms with Gasteiger partial charge in [-0.3, -0.25) is 4.79 Å². The second-order valence-electron chi connectivity index (χ2n) is 9.88. The molecule has 0 aromatic heterocycles. The highest BCUT2D eigenvalue weighted by Gasteiger charge is 2.51. The Morgan fingerprint density at radius 1 is 1.20 bits per heavy atom. The SMILES string of the molecule is CCc1cc(OC(F)(F)F)cc(C2CCC3(CC2)CN(C(=O)[C@H]2C[C@@](C)(O)C2)C3)c1. The molecule has 1 spiro atoms. The van der Waals surface area contributed by atoms with Crippen LogP contribution in [0.15, 0.2) is 18.2 Å². The Kier molecular flexibility index (Phi) is 5.32. The Balaban J connectivity index is 1.34. The van der Waals surface area contributed by atoms with Crippen LogP contribution in [-0.2, 0) is 11.2 Å². The number of halogens is 3. The molecule has 4 rings (SSSR count). The topological polar surface area (TPSA) is 49.8 Å². The minimum Gasteiger partial charge on any atom is -0.406 e. The van der Waals surface area contributed by atoms with Crippen LogP contribution in [0.25, 0.3) is 0 Å². The predicted molar refractivity (Wildman–Crippen MR) is 106 cm³/mol. The molecule has 1 N–H and O–H groups in total. The third-order valence-electron chi connectivity index (χ3n) is 7.23. The molecule has 30 heavy (non-hydrogen) atoms. The number of amides is 1. The Labute approximate surface area is 175 Å². The summed E-state index contributed by atoms with van der Waals surface area (Å²) in [5.74, 6) is 0.217. The number of alkyl halides is 3. The maximum Gasteiger partial charge on any atom is 0.573 e. The number of aryl methyl sites for hydroxylation is 1. The molecule has 4 nitrogen and oxygen atoms in total. The molecule has 166 valence electrons. The molecule has 2 aliphatic carbocycles. The highest BCUT2D eigenvalue weighted by Crippen LogP contribution is 2.50. The zero-order valence-electron chi connectivity index (χ0n) is 17.6. The number of aliphatic hydroxyl groups is 1. The standard InChI is InChI=1S/C23H30F3NO3/c1-3-15-8-17(10-19(9-15)30-23(24,25)26)16-4-6-22(7-5-16)13-27(14-22)20(28)18-11-21(2,29)12-18/h8-10,16,18,29H,3-7,11-14H2,1-2H3/t18-,21+. The minimum atomic E-state index is -4.68. The number of nitrogens with zero attached hydrogens (tertiary/aromatic N) is 1. The van der Waals surface area contributed by atoms with E-state index in [0.29, 0.717) is 19.3 Å². The van der Waals surface area contributed by atoms with E-state index < -0.39 is 12.0 Å². The first kappa shape index (κ1) is 21.5. The van der Waals surface area contributed by atoms with Crippen LogP contribution in [0.1, 0.15) is 69.4 Å². The van der Waals surface area contributed by atoms with Gasteiger partial charge in [0, 0.05) is 24.4 Å². The molecule has 2 saturated carbocycles. The van der Waals surface area contributed by atoms with Gasteiger partial charge in [0.15, 0.2) is 0 Å². The second-order valence-corrected chi connectivity index (χ2v) is 9.88. The molecular formula is C23H30F3NO3. The van der Waals surface area contributed by atoms with Gasteiger partial charge < -0.3 is 14.7 Å². The van der Waals surface area contributed by atoms with Crippen LogP contribution >= 0.6 is 0 Å². The van der Waals surface area contributed by atoms with Crippen molar-refractivity contribution in [1.29, 1.82) is 0 Å². The molecule has 1 aromatic rings. The Bertz CT molecular complexity index is 796. The summed E-state index contributed by atoms with van der Waals surface area (Å²) in [6.45, 7) is 5.24. The van der Waals surface area contributed by atoms with Gasteiger partial charge in [-0.1, -0.05) is 13.0 Å². The van der Waals surface area contributed by atoms with Gasteiger partial charge in [-0.05, 0) is 81.0 Å². The van der Waals surface area contributed by atoms with E-state index in [4.69, 9.17) is 0 Å². The van der Waals surface area contributed by atoms with E-state index in [0.717, 1.165) is 49.9 Å². The minimum absolute atomic E-state index is 0.0440. The zero-order valence-corrected chi connectivity index (χ0v) is 17.6. The molecule has 3 fully saturated rings. The fraction of sp³-hybridized carbons (Fsp3) is 0.696. The molecule has 0 bridgehead atoms. The Morgan fingerprint density at radius 3 is 2.37 bits per heavy atom. The fourth-order valence-electron chi connectivity index (χ4n) is 5.55. The molecule has 1 aromatic carbocycles. The summed E-state index contributed by atoms with van der Waals surface area (Å²) >= 11 is 0. The first-order valence-electron chi connectivity index (χ1n) is 10.9. The van der Waals surface area contributed by atoms with Crippen LogP contribution < -0.4 is 4.74 Å². The molecule has 0 unspecified atom stereocenters. The van der Waals surface area contributed by atoms with Crippen molar-refractivity contribution in [3.05, 3.63) is 29.3 Å². The molecule has 1 saturated heterocycles. The molecule has 1 heterocycles. The van der Waals surface area contributed by atoms with Crippen molar-refractivity contribution >= 4 is 5.91 Å². The monoisotopic (exact) mass is 425 g/mol. The van der Waals surface area contributed by atoms with Gasteiger partial charge >= 0.3 is 6.36 Å². The van der Waals surface area contributed by atoms with Crippen LogP contribution in [0.2, 0.25) is 0 Å². The van der Waals surface area contributed by atoms with Crippen molar-refractivity contribution in [3.63, 3.8) is 0 Å². The van der Waals surface area contributed by atoms with Crippen molar-refractivity contribution in [2.24, 2.45) is 11.3 Å². The maximum absolute atomic E-state index is 12.7. The van der Waals surface area contributed by atoms with Crippen molar-refractivity contribution < 1.29 is 27.8 Å². The summed E-state index contributed by atoms with van der Waals surface area (Å²) in [5.41, 5.74) is 1.24. The highest BCUT2D eigenvalue weighted by atomic mass is 19.4. The summed E-state index contributed by atoms with van der Waals surface area (Å²) in [6, 6.07) is 5.01. The van der Waals surface area contributed by atoms with E-state index in [9.17, 15) is 23.1 Å². The van der Waals surface area contributed by atoms with Crippen molar-refractivity contribution in [2.75, 3.05) is 13.1 Å². The van der Waals surface area contributed by atoms with Gasteiger partial charge in [0.1, 0.15) is 5.75 Å². The summed E-state index contributed by atoms with van der Waals surface area (Å²) in [5, 5.41) is 9.86. The smallest absolute Gasteiger partial charge is 0.406 e. The first-order chi connectivity index (χ1) is 14.0. The van der Waals surface area contributed by atoms with Gasteiger partial charge in [-0.15, -0.1) is 13.2 Å². The summed E-state index contributed by atoms with van der Waals surface area (Å²) in [4.78, 5) is 14.5. The molecule has 1 amide bonds. The van der Waals surface area contributed by atoms with E-state index in [1.54, 1.807) is 6.92 Å². The largest absolute Gasteiger partial charge is 0.573 e. The average Bonchev–Trinajstić information content (AvgIpc) is 2.62. The van der Waals surface area contributed by atoms with E-state index in [1.165, 1.54) is 12.1 Å². The van der Waals surface area contributed by atoms with E-state index in [-0.39, 0.29) is 28.9 Å². The molecule has 0 radical (unpaired) electrons. The number of hydrogen-bond donors (Lipinski definition) is 1. The average molecular weight is 425 g/mol. The quantitative estimate of drug-likeness (QED) is 0.754. The molecule has 7 heteroatoms. The van der Waals surface area contributed by atoms with Crippen LogP contribution in [-0.4, -0.2) is 41.0 Å². The number of carbonyl (C=O) groups excluding carboxylic acids is 1. The van der Waals surface area contributed by atoms with Crippen LogP contribution in [0.5, 0.6) is 5.75 Å².